The minimum Gasteiger partial charge on any atom is -0.497 e. The standard InChI is InChI=1S/C30H36N6O4/c1-20-7-12-27-22(15-20)16-26(30(37)31-27)28(29-32-33-34-36(29)19-25-6-4-14-40-25)35(18-24-5-3-13-39-24)17-21-8-10-23(38-2)11-9-21/h7-12,15-16,24-25,28H,3-6,13-14,17-19H2,1-2H3,(H,31,37)/t24-,25-,28-/m0/s1. The topological polar surface area (TPSA) is 107 Å². The Kier molecular flexibility index (Phi) is 7.90. The fraction of sp³-hybridized carbons (Fsp3) is 0.467. The Morgan fingerprint density at radius 3 is 2.58 bits per heavy atom. The zero-order chi connectivity index (χ0) is 27.5. The molecular formula is C30H36N6O4. The number of ether oxygens (including phenoxy) is 3. The number of methoxy groups -OCH3 is 1. The number of fused-ring (bicyclic) bond motifs is 1. The van der Waals surface area contributed by atoms with E-state index in [4.69, 9.17) is 14.2 Å². The molecule has 2 saturated heterocycles. The molecule has 1 N–H and O–H groups in total. The van der Waals surface area contributed by atoms with E-state index in [1.54, 1.807) is 7.11 Å². The average Bonchev–Trinajstić information content (AvgIpc) is 3.75. The monoisotopic (exact) mass is 544 g/mol. The number of aromatic nitrogens is 5. The van der Waals surface area contributed by atoms with E-state index in [0.717, 1.165) is 66.7 Å². The molecule has 2 aromatic heterocycles. The molecular weight excluding hydrogens is 508 g/mol. The van der Waals surface area contributed by atoms with Gasteiger partial charge in [-0.15, -0.1) is 5.10 Å². The molecule has 0 unspecified atom stereocenters. The second-order valence-corrected chi connectivity index (χ2v) is 10.8. The van der Waals surface area contributed by atoms with Gasteiger partial charge in [-0.2, -0.15) is 0 Å². The Balaban J connectivity index is 1.47. The minimum absolute atomic E-state index is 0.0497. The lowest BCUT2D eigenvalue weighted by Crippen LogP contribution is -2.39. The minimum atomic E-state index is -0.503. The fourth-order valence-corrected chi connectivity index (χ4v) is 5.84. The van der Waals surface area contributed by atoms with Crippen LogP contribution in [0.5, 0.6) is 5.75 Å². The highest BCUT2D eigenvalue weighted by Gasteiger charge is 2.34. The number of hydrogen-bond acceptors (Lipinski definition) is 8. The second-order valence-electron chi connectivity index (χ2n) is 10.8. The number of rotatable bonds is 10. The summed E-state index contributed by atoms with van der Waals surface area (Å²) in [5.74, 6) is 1.42. The van der Waals surface area contributed by atoms with Crippen LogP contribution in [0.2, 0.25) is 0 Å². The second kappa shape index (κ2) is 11.9. The summed E-state index contributed by atoms with van der Waals surface area (Å²) < 4.78 is 19.2. The molecule has 0 saturated carbocycles. The summed E-state index contributed by atoms with van der Waals surface area (Å²) in [6.07, 6.45) is 4.10. The number of nitrogens with one attached hydrogen (secondary N) is 1. The first-order chi connectivity index (χ1) is 19.6. The summed E-state index contributed by atoms with van der Waals surface area (Å²) in [5, 5.41) is 13.9. The lowest BCUT2D eigenvalue weighted by molar-refractivity contribution is 0.0555. The summed E-state index contributed by atoms with van der Waals surface area (Å²) in [7, 11) is 1.66. The van der Waals surface area contributed by atoms with Crippen LogP contribution < -0.4 is 10.3 Å². The molecule has 2 fully saturated rings. The predicted octanol–water partition coefficient (Wildman–Crippen LogP) is 3.78. The number of hydrogen-bond donors (Lipinski definition) is 1. The van der Waals surface area contributed by atoms with E-state index in [2.05, 4.69) is 50.5 Å². The van der Waals surface area contributed by atoms with Crippen LogP contribution in [-0.4, -0.2) is 69.2 Å². The first kappa shape index (κ1) is 26.6. The summed E-state index contributed by atoms with van der Waals surface area (Å²) in [5.41, 5.74) is 3.47. The zero-order valence-corrected chi connectivity index (χ0v) is 23.1. The molecule has 2 aliphatic heterocycles. The Morgan fingerprint density at radius 1 is 1.07 bits per heavy atom. The number of H-pyrrole nitrogens is 1. The first-order valence-corrected chi connectivity index (χ1v) is 14.1. The van der Waals surface area contributed by atoms with Gasteiger partial charge in [0.2, 0.25) is 0 Å². The van der Waals surface area contributed by atoms with E-state index < -0.39 is 6.04 Å². The van der Waals surface area contributed by atoms with Gasteiger partial charge in [0.05, 0.1) is 25.9 Å². The molecule has 10 nitrogen and oxygen atoms in total. The number of nitrogens with zero attached hydrogens (tertiary/aromatic N) is 5. The molecule has 210 valence electrons. The molecule has 2 aromatic carbocycles. The van der Waals surface area contributed by atoms with Crippen molar-refractivity contribution in [3.8, 4) is 5.75 Å². The molecule has 0 aliphatic carbocycles. The molecule has 10 heteroatoms. The summed E-state index contributed by atoms with van der Waals surface area (Å²) >= 11 is 0. The largest absolute Gasteiger partial charge is 0.497 e. The van der Waals surface area contributed by atoms with Gasteiger partial charge in [-0.05, 0) is 84.3 Å². The van der Waals surface area contributed by atoms with Gasteiger partial charge in [0, 0.05) is 37.4 Å². The van der Waals surface area contributed by atoms with Gasteiger partial charge in [-0.3, -0.25) is 9.69 Å². The van der Waals surface area contributed by atoms with Crippen LogP contribution in [0.3, 0.4) is 0 Å². The Morgan fingerprint density at radius 2 is 1.85 bits per heavy atom. The van der Waals surface area contributed by atoms with Gasteiger partial charge in [-0.25, -0.2) is 4.68 Å². The molecule has 0 amide bonds. The average molecular weight is 545 g/mol. The van der Waals surface area contributed by atoms with Gasteiger partial charge >= 0.3 is 0 Å². The van der Waals surface area contributed by atoms with Crippen LogP contribution in [0.25, 0.3) is 10.9 Å². The van der Waals surface area contributed by atoms with E-state index in [9.17, 15) is 4.79 Å². The third kappa shape index (κ3) is 5.79. The summed E-state index contributed by atoms with van der Waals surface area (Å²) in [4.78, 5) is 19.2. The van der Waals surface area contributed by atoms with E-state index in [1.165, 1.54) is 0 Å². The molecule has 0 radical (unpaired) electrons. The fourth-order valence-electron chi connectivity index (χ4n) is 5.84. The van der Waals surface area contributed by atoms with Crippen molar-refractivity contribution in [2.45, 2.75) is 63.9 Å². The van der Waals surface area contributed by atoms with E-state index in [-0.39, 0.29) is 17.8 Å². The molecule has 4 heterocycles. The molecule has 4 aromatic rings. The number of tetrazole rings is 1. The maximum absolute atomic E-state index is 13.8. The third-order valence-corrected chi connectivity index (χ3v) is 7.90. The van der Waals surface area contributed by atoms with Crippen molar-refractivity contribution in [3.63, 3.8) is 0 Å². The normalized spacial score (nSPS) is 20.0. The van der Waals surface area contributed by atoms with Gasteiger partial charge in [0.1, 0.15) is 11.8 Å². The maximum Gasteiger partial charge on any atom is 0.253 e. The van der Waals surface area contributed by atoms with Crippen molar-refractivity contribution in [1.82, 2.24) is 30.1 Å². The van der Waals surface area contributed by atoms with Crippen molar-refractivity contribution in [3.05, 3.63) is 81.4 Å². The van der Waals surface area contributed by atoms with Gasteiger partial charge in [0.25, 0.3) is 5.56 Å². The van der Waals surface area contributed by atoms with Gasteiger partial charge in [0.15, 0.2) is 5.82 Å². The SMILES string of the molecule is COc1ccc(CN(C[C@@H]2CCCO2)[C@@H](c2cc3cc(C)ccc3[nH]c2=O)c2nnnn2C[C@@H]2CCCO2)cc1. The Bertz CT molecular complexity index is 1490. The van der Waals surface area contributed by atoms with Crippen molar-refractivity contribution >= 4 is 10.9 Å². The molecule has 0 bridgehead atoms. The number of aromatic amines is 1. The van der Waals surface area contributed by atoms with Crippen molar-refractivity contribution in [2.75, 3.05) is 26.9 Å². The maximum atomic E-state index is 13.8. The van der Waals surface area contributed by atoms with Crippen LogP contribution in [-0.2, 0) is 22.6 Å². The highest BCUT2D eigenvalue weighted by molar-refractivity contribution is 5.79. The van der Waals surface area contributed by atoms with E-state index in [1.807, 2.05) is 35.0 Å². The Hall–Kier alpha value is -3.60. The first-order valence-electron chi connectivity index (χ1n) is 14.1. The molecule has 3 atom stereocenters. The van der Waals surface area contributed by atoms with E-state index >= 15 is 0 Å². The Labute approximate surface area is 233 Å². The number of aryl methyl sites for hydroxylation is 1. The van der Waals surface area contributed by atoms with Gasteiger partial charge in [-0.1, -0.05) is 23.8 Å². The lowest BCUT2D eigenvalue weighted by atomic mass is 10.0. The highest BCUT2D eigenvalue weighted by atomic mass is 16.5. The lowest BCUT2D eigenvalue weighted by Gasteiger charge is -2.33. The van der Waals surface area contributed by atoms with Crippen molar-refractivity contribution < 1.29 is 14.2 Å². The highest BCUT2D eigenvalue weighted by Crippen LogP contribution is 2.31. The summed E-state index contributed by atoms with van der Waals surface area (Å²) in [6, 6.07) is 15.6. The molecule has 6 rings (SSSR count). The molecule has 0 spiro atoms. The van der Waals surface area contributed by atoms with Crippen LogP contribution in [0.15, 0.2) is 53.3 Å². The van der Waals surface area contributed by atoms with Crippen LogP contribution in [0.4, 0.5) is 0 Å². The molecule has 2 aliphatic rings. The van der Waals surface area contributed by atoms with Gasteiger partial charge < -0.3 is 19.2 Å². The summed E-state index contributed by atoms with van der Waals surface area (Å²) in [6.45, 7) is 5.30. The predicted molar refractivity (Wildman–Crippen MR) is 150 cm³/mol. The number of benzene rings is 2. The third-order valence-electron chi connectivity index (χ3n) is 7.90. The van der Waals surface area contributed by atoms with E-state index in [0.29, 0.717) is 31.0 Å². The smallest absolute Gasteiger partial charge is 0.253 e. The zero-order valence-electron chi connectivity index (χ0n) is 23.1. The quantitative estimate of drug-likeness (QED) is 0.322. The molecule has 40 heavy (non-hydrogen) atoms. The number of pyridine rings is 1. The van der Waals surface area contributed by atoms with Crippen molar-refractivity contribution in [1.29, 1.82) is 0 Å². The van der Waals surface area contributed by atoms with Crippen LogP contribution in [0.1, 0.15) is 54.2 Å². The van der Waals surface area contributed by atoms with Crippen molar-refractivity contribution in [2.24, 2.45) is 0 Å². The van der Waals surface area contributed by atoms with Crippen LogP contribution >= 0.6 is 0 Å². The van der Waals surface area contributed by atoms with Crippen LogP contribution in [0, 0.1) is 6.92 Å².